The van der Waals surface area contributed by atoms with Crippen molar-refractivity contribution in [2.75, 3.05) is 0 Å². The summed E-state index contributed by atoms with van der Waals surface area (Å²) < 4.78 is 51.3. The normalized spacial score (nSPS) is 11.6. The molecule has 0 amide bonds. The van der Waals surface area contributed by atoms with Gasteiger partial charge in [0.1, 0.15) is 5.56 Å². The molecule has 2 heterocycles. The molecule has 0 fully saturated rings. The molecule has 1 N–H and O–H groups in total. The lowest BCUT2D eigenvalue weighted by molar-refractivity contribution is -0.143. The van der Waals surface area contributed by atoms with E-state index in [-0.39, 0.29) is 4.68 Å². The molecule has 6 nitrogen and oxygen atoms in total. The van der Waals surface area contributed by atoms with Crippen LogP contribution in [0.5, 0.6) is 0 Å². The van der Waals surface area contributed by atoms with Gasteiger partial charge in [-0.15, -0.1) is 10.2 Å². The summed E-state index contributed by atoms with van der Waals surface area (Å²) >= 11 is 0. The number of carboxylic acid groups (broad SMARTS) is 1. The minimum absolute atomic E-state index is 0.246. The summed E-state index contributed by atoms with van der Waals surface area (Å²) in [4.78, 5) is 10.7. The Kier molecular flexibility index (Phi) is 2.92. The predicted octanol–water partition coefficient (Wildman–Crippen LogP) is 1.52. The van der Waals surface area contributed by atoms with Crippen LogP contribution < -0.4 is 0 Å². The van der Waals surface area contributed by atoms with E-state index < -0.39 is 35.2 Å². The van der Waals surface area contributed by atoms with E-state index in [9.17, 15) is 22.4 Å². The molecule has 0 aliphatic carbocycles. The van der Waals surface area contributed by atoms with E-state index in [2.05, 4.69) is 15.3 Å². The molecule has 0 saturated carbocycles. The summed E-state index contributed by atoms with van der Waals surface area (Å²) in [5.41, 5.74) is -2.54. The maximum atomic E-state index is 12.8. The van der Waals surface area contributed by atoms with Gasteiger partial charge < -0.3 is 5.11 Å². The molecule has 0 saturated heterocycles. The number of hydrogen-bond donors (Lipinski definition) is 1. The van der Waals surface area contributed by atoms with Gasteiger partial charge >= 0.3 is 12.1 Å². The average Bonchev–Trinajstić information content (AvgIpc) is 2.74. The van der Waals surface area contributed by atoms with Crippen molar-refractivity contribution in [3.8, 4) is 5.82 Å². The average molecular weight is 276 g/mol. The minimum Gasteiger partial charge on any atom is -0.478 e. The fourth-order valence-corrected chi connectivity index (χ4v) is 1.37. The minimum atomic E-state index is -4.96. The number of aromatic nitrogens is 4. The Morgan fingerprint density at radius 2 is 1.95 bits per heavy atom. The maximum Gasteiger partial charge on any atom is 0.434 e. The Labute approximate surface area is 102 Å². The van der Waals surface area contributed by atoms with Crippen LogP contribution in [0.4, 0.5) is 17.6 Å². The molecule has 0 aliphatic rings. The molecule has 0 aliphatic heterocycles. The third-order valence-electron chi connectivity index (χ3n) is 2.10. The molecule has 0 spiro atoms. The van der Waals surface area contributed by atoms with Crippen LogP contribution in [0.1, 0.15) is 16.1 Å². The molecule has 19 heavy (non-hydrogen) atoms. The van der Waals surface area contributed by atoms with Crippen LogP contribution in [0.2, 0.25) is 0 Å². The maximum absolute atomic E-state index is 12.8. The van der Waals surface area contributed by atoms with Gasteiger partial charge in [-0.1, -0.05) is 0 Å². The van der Waals surface area contributed by atoms with Crippen molar-refractivity contribution in [1.82, 2.24) is 20.0 Å². The first kappa shape index (κ1) is 12.9. The summed E-state index contributed by atoms with van der Waals surface area (Å²) in [6.07, 6.45) is -4.42. The Morgan fingerprint density at radius 1 is 1.26 bits per heavy atom. The van der Waals surface area contributed by atoms with Crippen molar-refractivity contribution >= 4 is 5.97 Å². The fraction of sp³-hybridized carbons (Fsp3) is 0.111. The third kappa shape index (κ3) is 2.37. The van der Waals surface area contributed by atoms with Gasteiger partial charge in [0, 0.05) is 0 Å². The Hall–Kier alpha value is -2.52. The van der Waals surface area contributed by atoms with E-state index in [1.165, 1.54) is 0 Å². The van der Waals surface area contributed by atoms with Crippen LogP contribution in [-0.4, -0.2) is 31.1 Å². The third-order valence-corrected chi connectivity index (χ3v) is 2.10. The molecule has 2 rings (SSSR count). The number of alkyl halides is 3. The van der Waals surface area contributed by atoms with Gasteiger partial charge in [0.2, 0.25) is 5.95 Å². The van der Waals surface area contributed by atoms with Crippen molar-refractivity contribution < 1.29 is 27.5 Å². The first-order valence-electron chi connectivity index (χ1n) is 4.69. The van der Waals surface area contributed by atoms with Gasteiger partial charge in [0.05, 0.1) is 6.20 Å². The molecule has 0 bridgehead atoms. The lowest BCUT2D eigenvalue weighted by Crippen LogP contribution is -2.18. The molecular weight excluding hydrogens is 272 g/mol. The summed E-state index contributed by atoms with van der Waals surface area (Å²) in [7, 11) is 0. The SMILES string of the molecule is O=C(O)c1cnn(-c2ccc(F)nn2)c1C(F)(F)F. The van der Waals surface area contributed by atoms with Gasteiger partial charge in [0.25, 0.3) is 0 Å². The molecule has 2 aromatic rings. The second-order valence-corrected chi connectivity index (χ2v) is 3.34. The van der Waals surface area contributed by atoms with Crippen LogP contribution >= 0.6 is 0 Å². The van der Waals surface area contributed by atoms with Crippen molar-refractivity contribution in [2.24, 2.45) is 0 Å². The zero-order chi connectivity index (χ0) is 14.2. The molecule has 0 radical (unpaired) electrons. The van der Waals surface area contributed by atoms with E-state index in [1.807, 2.05) is 0 Å². The molecule has 0 aromatic carbocycles. The van der Waals surface area contributed by atoms with E-state index >= 15 is 0 Å². The van der Waals surface area contributed by atoms with Gasteiger partial charge in [-0.05, 0) is 12.1 Å². The van der Waals surface area contributed by atoms with E-state index in [1.54, 1.807) is 0 Å². The monoisotopic (exact) mass is 276 g/mol. The predicted molar refractivity (Wildman–Crippen MR) is 51.1 cm³/mol. The van der Waals surface area contributed by atoms with Crippen molar-refractivity contribution in [3.05, 3.63) is 35.5 Å². The van der Waals surface area contributed by atoms with Crippen molar-refractivity contribution in [2.45, 2.75) is 6.18 Å². The number of aromatic carboxylic acids is 1. The largest absolute Gasteiger partial charge is 0.478 e. The van der Waals surface area contributed by atoms with E-state index in [4.69, 9.17) is 5.11 Å². The second kappa shape index (κ2) is 4.30. The van der Waals surface area contributed by atoms with Crippen LogP contribution in [0, 0.1) is 5.95 Å². The first-order valence-corrected chi connectivity index (χ1v) is 4.69. The van der Waals surface area contributed by atoms with Crippen LogP contribution in [0.15, 0.2) is 18.3 Å². The highest BCUT2D eigenvalue weighted by atomic mass is 19.4. The number of hydrogen-bond acceptors (Lipinski definition) is 4. The molecule has 100 valence electrons. The zero-order valence-electron chi connectivity index (χ0n) is 8.89. The van der Waals surface area contributed by atoms with Crippen LogP contribution in [-0.2, 0) is 6.18 Å². The highest BCUT2D eigenvalue weighted by Crippen LogP contribution is 2.33. The molecule has 10 heteroatoms. The quantitative estimate of drug-likeness (QED) is 0.841. The summed E-state index contributed by atoms with van der Waals surface area (Å²) in [6, 6.07) is 1.68. The molecule has 0 atom stereocenters. The van der Waals surface area contributed by atoms with Gasteiger partial charge in [-0.2, -0.15) is 22.7 Å². The summed E-state index contributed by atoms with van der Waals surface area (Å²) in [5, 5.41) is 18.1. The lowest BCUT2D eigenvalue weighted by Gasteiger charge is -2.10. The van der Waals surface area contributed by atoms with Gasteiger partial charge in [0.15, 0.2) is 11.5 Å². The van der Waals surface area contributed by atoms with Crippen molar-refractivity contribution in [1.29, 1.82) is 0 Å². The molecular formula is C9H4F4N4O2. The van der Waals surface area contributed by atoms with E-state index in [0.717, 1.165) is 12.1 Å². The number of rotatable bonds is 2. The Morgan fingerprint density at radius 3 is 2.42 bits per heavy atom. The van der Waals surface area contributed by atoms with Crippen LogP contribution in [0.25, 0.3) is 5.82 Å². The Balaban J connectivity index is 2.64. The summed E-state index contributed by atoms with van der Waals surface area (Å²) in [5.74, 6) is -3.21. The van der Waals surface area contributed by atoms with E-state index in [0.29, 0.717) is 6.20 Å². The Bertz CT molecular complexity index is 620. The van der Waals surface area contributed by atoms with Crippen molar-refractivity contribution in [3.63, 3.8) is 0 Å². The number of halogens is 4. The van der Waals surface area contributed by atoms with Gasteiger partial charge in [-0.3, -0.25) is 0 Å². The topological polar surface area (TPSA) is 80.9 Å². The molecule has 0 unspecified atom stereocenters. The number of carboxylic acids is 1. The smallest absolute Gasteiger partial charge is 0.434 e. The highest BCUT2D eigenvalue weighted by molar-refractivity contribution is 5.89. The highest BCUT2D eigenvalue weighted by Gasteiger charge is 2.41. The number of nitrogens with zero attached hydrogens (tertiary/aromatic N) is 4. The van der Waals surface area contributed by atoms with Gasteiger partial charge in [-0.25, -0.2) is 9.48 Å². The standard InChI is InChI=1S/C9H4F4N4O2/c10-5-1-2-6(16-15-5)17-7(9(11,12)13)4(3-14-17)8(18)19/h1-3H,(H,18,19). The summed E-state index contributed by atoms with van der Waals surface area (Å²) in [6.45, 7) is 0. The lowest BCUT2D eigenvalue weighted by atomic mass is 10.2. The molecule has 2 aromatic heterocycles. The van der Waals surface area contributed by atoms with Crippen LogP contribution in [0.3, 0.4) is 0 Å². The first-order chi connectivity index (χ1) is 8.80. The second-order valence-electron chi connectivity index (χ2n) is 3.34. The fourth-order valence-electron chi connectivity index (χ4n) is 1.37. The number of carbonyl (C=O) groups is 1. The zero-order valence-corrected chi connectivity index (χ0v) is 8.89.